The molecule has 0 bridgehead atoms. The molecule has 0 unspecified atom stereocenters. The third-order valence-electron chi connectivity index (χ3n) is 7.30. The minimum atomic E-state index is 0.787. The van der Waals surface area contributed by atoms with Gasteiger partial charge < -0.3 is 29.6 Å². The molecule has 0 saturated carbocycles. The molecule has 0 saturated heterocycles. The second-order valence-corrected chi connectivity index (χ2v) is 10.1. The Labute approximate surface area is 241 Å². The third kappa shape index (κ3) is 10.4. The van der Waals surface area contributed by atoms with Crippen LogP contribution in [0, 0.1) is 0 Å². The van der Waals surface area contributed by atoms with Gasteiger partial charge in [0.25, 0.3) is 0 Å². The van der Waals surface area contributed by atoms with Crippen molar-refractivity contribution in [1.29, 1.82) is 0 Å². The van der Waals surface area contributed by atoms with Crippen molar-refractivity contribution in [3.05, 3.63) is 82.9 Å². The molecule has 218 valence electrons. The normalized spacial score (nSPS) is 10.9. The molecule has 3 rings (SSSR count). The monoisotopic (exact) mass is 548 g/mol. The smallest absolute Gasteiger partial charge is 0.164 e. The van der Waals surface area contributed by atoms with E-state index < -0.39 is 0 Å². The maximum atomic E-state index is 5.80. The Balaban J connectivity index is 1.33. The van der Waals surface area contributed by atoms with Crippen molar-refractivity contribution in [3.63, 3.8) is 0 Å². The Bertz CT molecular complexity index is 1130. The first-order valence-corrected chi connectivity index (χ1v) is 14.6. The molecule has 6 nitrogen and oxygen atoms in total. The topological polar surface area (TPSA) is 61.0 Å². The van der Waals surface area contributed by atoms with Gasteiger partial charge >= 0.3 is 0 Å². The number of methoxy groups -OCH3 is 4. The fraction of sp³-hybridized carbons (Fsp3) is 0.471. The summed E-state index contributed by atoms with van der Waals surface area (Å²) in [5, 5.41) is 7.21. The molecule has 0 aliphatic carbocycles. The van der Waals surface area contributed by atoms with Crippen LogP contribution in [-0.4, -0.2) is 54.6 Å². The Morgan fingerprint density at radius 1 is 0.525 bits per heavy atom. The molecule has 6 heteroatoms. The molecule has 0 heterocycles. The highest BCUT2D eigenvalue weighted by molar-refractivity contribution is 5.51. The number of nitrogens with one attached hydrogen (secondary N) is 2. The average Bonchev–Trinajstić information content (AvgIpc) is 3.00. The maximum Gasteiger partial charge on any atom is 0.164 e. The van der Waals surface area contributed by atoms with Crippen molar-refractivity contribution in [1.82, 2.24) is 10.6 Å². The zero-order valence-electron chi connectivity index (χ0n) is 24.9. The summed E-state index contributed by atoms with van der Waals surface area (Å²) in [6.45, 7) is 4.09. The molecule has 0 aliphatic heterocycles. The first kappa shape index (κ1) is 31.3. The molecule has 3 aromatic rings. The molecule has 0 spiro atoms. The van der Waals surface area contributed by atoms with E-state index in [2.05, 4.69) is 47.0 Å². The lowest BCUT2D eigenvalue weighted by molar-refractivity contribution is 0.351. The summed E-state index contributed by atoms with van der Waals surface area (Å²) >= 11 is 0. The number of rotatable bonds is 20. The highest BCUT2D eigenvalue weighted by atomic mass is 16.5. The molecule has 0 fully saturated rings. The summed E-state index contributed by atoms with van der Waals surface area (Å²) in [6.07, 6.45) is 8.74. The van der Waals surface area contributed by atoms with E-state index in [1.807, 2.05) is 24.3 Å². The van der Waals surface area contributed by atoms with Gasteiger partial charge in [0.1, 0.15) is 11.5 Å². The summed E-state index contributed by atoms with van der Waals surface area (Å²) in [5.41, 5.74) is 5.11. The van der Waals surface area contributed by atoms with Gasteiger partial charge in [-0.2, -0.15) is 0 Å². The predicted octanol–water partition coefficient (Wildman–Crippen LogP) is 6.03. The molecular formula is C34H48N2O4. The maximum absolute atomic E-state index is 5.80. The zero-order chi connectivity index (χ0) is 28.4. The molecule has 0 aliphatic rings. The standard InChI is InChI=1S/C34H48N2O4/c1-37-30-13-9-11-27(25-30)15-17-32-29(16-18-33(39-3)34(32)40-4)20-24-36-22-8-6-5-7-21-35-23-19-28-12-10-14-31(26-28)38-2/h9-14,16,18,25-26,35-36H,5-8,15,17,19-24H2,1-4H3. The SMILES string of the molecule is COc1cccc(CCNCCCCCCNCCc2ccc(OC)c(OC)c2CCc2cccc(OC)c2)c1. The van der Waals surface area contributed by atoms with Crippen LogP contribution in [0.3, 0.4) is 0 Å². The van der Waals surface area contributed by atoms with Crippen LogP contribution in [0.1, 0.15) is 47.9 Å². The first-order valence-electron chi connectivity index (χ1n) is 14.6. The fourth-order valence-electron chi connectivity index (χ4n) is 5.02. The van der Waals surface area contributed by atoms with Gasteiger partial charge in [0.2, 0.25) is 0 Å². The van der Waals surface area contributed by atoms with E-state index in [4.69, 9.17) is 18.9 Å². The van der Waals surface area contributed by atoms with Crippen LogP contribution in [-0.2, 0) is 25.7 Å². The lowest BCUT2D eigenvalue weighted by Crippen LogP contribution is -2.20. The molecule has 0 amide bonds. The van der Waals surface area contributed by atoms with Crippen LogP contribution < -0.4 is 29.6 Å². The number of ether oxygens (including phenoxy) is 4. The van der Waals surface area contributed by atoms with E-state index in [1.165, 1.54) is 47.9 Å². The summed E-state index contributed by atoms with van der Waals surface area (Å²) in [6, 6.07) is 20.8. The van der Waals surface area contributed by atoms with Crippen LogP contribution in [0.4, 0.5) is 0 Å². The highest BCUT2D eigenvalue weighted by Crippen LogP contribution is 2.34. The number of hydrogen-bond donors (Lipinski definition) is 2. The Kier molecular flexibility index (Phi) is 14.2. The molecular weight excluding hydrogens is 500 g/mol. The van der Waals surface area contributed by atoms with Gasteiger partial charge in [-0.3, -0.25) is 0 Å². The van der Waals surface area contributed by atoms with Crippen molar-refractivity contribution >= 4 is 0 Å². The van der Waals surface area contributed by atoms with E-state index in [-0.39, 0.29) is 0 Å². The van der Waals surface area contributed by atoms with Crippen molar-refractivity contribution in [2.75, 3.05) is 54.6 Å². The van der Waals surface area contributed by atoms with Gasteiger partial charge in [0, 0.05) is 5.56 Å². The molecule has 0 aromatic heterocycles. The lowest BCUT2D eigenvalue weighted by Gasteiger charge is -2.17. The van der Waals surface area contributed by atoms with E-state index in [0.29, 0.717) is 0 Å². The van der Waals surface area contributed by atoms with Crippen LogP contribution in [0.15, 0.2) is 60.7 Å². The van der Waals surface area contributed by atoms with Gasteiger partial charge in [0.15, 0.2) is 11.5 Å². The molecule has 0 radical (unpaired) electrons. The van der Waals surface area contributed by atoms with E-state index in [9.17, 15) is 0 Å². The number of unbranched alkanes of at least 4 members (excludes halogenated alkanes) is 3. The summed E-state index contributed by atoms with van der Waals surface area (Å²) in [4.78, 5) is 0. The van der Waals surface area contributed by atoms with E-state index in [1.54, 1.807) is 28.4 Å². The van der Waals surface area contributed by atoms with E-state index >= 15 is 0 Å². The van der Waals surface area contributed by atoms with Gasteiger partial charge in [-0.05, 0) is 112 Å². The molecule has 3 aromatic carbocycles. The fourth-order valence-corrected chi connectivity index (χ4v) is 5.02. The second-order valence-electron chi connectivity index (χ2n) is 10.1. The lowest BCUT2D eigenvalue weighted by atomic mass is 9.96. The summed E-state index contributed by atoms with van der Waals surface area (Å²) < 4.78 is 22.1. The summed E-state index contributed by atoms with van der Waals surface area (Å²) in [7, 11) is 6.85. The summed E-state index contributed by atoms with van der Waals surface area (Å²) in [5.74, 6) is 3.45. The quantitative estimate of drug-likeness (QED) is 0.168. The largest absolute Gasteiger partial charge is 0.497 e. The third-order valence-corrected chi connectivity index (χ3v) is 7.30. The Morgan fingerprint density at radius 3 is 1.70 bits per heavy atom. The average molecular weight is 549 g/mol. The minimum Gasteiger partial charge on any atom is -0.497 e. The zero-order valence-corrected chi connectivity index (χ0v) is 24.9. The van der Waals surface area contributed by atoms with Gasteiger partial charge in [-0.1, -0.05) is 43.2 Å². The van der Waals surface area contributed by atoms with Crippen LogP contribution in [0.5, 0.6) is 23.0 Å². The van der Waals surface area contributed by atoms with Crippen molar-refractivity contribution in [3.8, 4) is 23.0 Å². The van der Waals surface area contributed by atoms with Gasteiger partial charge in [0.05, 0.1) is 28.4 Å². The second kappa shape index (κ2) is 18.2. The van der Waals surface area contributed by atoms with Crippen LogP contribution in [0.2, 0.25) is 0 Å². The minimum absolute atomic E-state index is 0.787. The first-order chi connectivity index (χ1) is 19.7. The Morgan fingerprint density at radius 2 is 1.12 bits per heavy atom. The molecule has 0 atom stereocenters. The van der Waals surface area contributed by atoms with E-state index in [0.717, 1.165) is 74.9 Å². The van der Waals surface area contributed by atoms with Gasteiger partial charge in [-0.25, -0.2) is 0 Å². The van der Waals surface area contributed by atoms with Crippen molar-refractivity contribution in [2.45, 2.75) is 51.4 Å². The molecule has 2 N–H and O–H groups in total. The number of aryl methyl sites for hydroxylation is 1. The van der Waals surface area contributed by atoms with Crippen LogP contribution >= 0.6 is 0 Å². The molecule has 40 heavy (non-hydrogen) atoms. The Hall–Kier alpha value is -3.22. The van der Waals surface area contributed by atoms with Crippen molar-refractivity contribution < 1.29 is 18.9 Å². The number of hydrogen-bond acceptors (Lipinski definition) is 6. The highest BCUT2D eigenvalue weighted by Gasteiger charge is 2.15. The number of benzene rings is 3. The predicted molar refractivity (Wildman–Crippen MR) is 165 cm³/mol. The van der Waals surface area contributed by atoms with Crippen LogP contribution in [0.25, 0.3) is 0 Å². The van der Waals surface area contributed by atoms with Crippen molar-refractivity contribution in [2.24, 2.45) is 0 Å². The van der Waals surface area contributed by atoms with Gasteiger partial charge in [-0.15, -0.1) is 0 Å².